The van der Waals surface area contributed by atoms with E-state index < -0.39 is 10.0 Å². The first-order valence-electron chi connectivity index (χ1n) is 12.6. The van der Waals surface area contributed by atoms with Crippen LogP contribution in [-0.4, -0.2) is 58.3 Å². The Kier molecular flexibility index (Phi) is 6.21. The van der Waals surface area contributed by atoms with Crippen LogP contribution in [0.15, 0.2) is 72.0 Å². The van der Waals surface area contributed by atoms with Crippen molar-refractivity contribution >= 4 is 27.3 Å². The van der Waals surface area contributed by atoms with Crippen molar-refractivity contribution in [3.8, 4) is 0 Å². The molecule has 190 valence electrons. The number of Topliss-reactive ketones (excluding diaryl/α,β-unsaturated/α-hetero) is 1. The van der Waals surface area contributed by atoms with Crippen LogP contribution in [0.1, 0.15) is 59.1 Å². The lowest BCUT2D eigenvalue weighted by Gasteiger charge is -2.32. The van der Waals surface area contributed by atoms with Gasteiger partial charge in [-0.05, 0) is 50.3 Å². The van der Waals surface area contributed by atoms with Gasteiger partial charge in [0.2, 0.25) is 0 Å². The normalized spacial score (nSPS) is 18.6. The van der Waals surface area contributed by atoms with E-state index in [1.54, 1.807) is 22.8 Å². The predicted octanol–water partition coefficient (Wildman–Crippen LogP) is 3.86. The number of benzene rings is 1. The van der Waals surface area contributed by atoms with Crippen molar-refractivity contribution in [1.82, 2.24) is 24.5 Å². The van der Waals surface area contributed by atoms with Gasteiger partial charge in [0, 0.05) is 42.0 Å². The Morgan fingerprint density at radius 3 is 2.62 bits per heavy atom. The molecule has 1 aromatic carbocycles. The standard InChI is InChI=1S/C27H28N6O3S/c34-25(20-6-2-1-3-7-20)18-32-13-5-8-21(17-32)24-14-26(31-37(35,36)22-9-4-12-28-15-22)33-27(30-24)23(16-29-33)19-10-11-19/h1-4,6-7,9,12,14-16,19,21,31H,5,8,10-11,13,17-18H2. The molecule has 9 nitrogen and oxygen atoms in total. The van der Waals surface area contributed by atoms with Crippen LogP contribution in [0.3, 0.4) is 0 Å². The van der Waals surface area contributed by atoms with E-state index in [9.17, 15) is 13.2 Å². The van der Waals surface area contributed by atoms with E-state index >= 15 is 0 Å². The number of likely N-dealkylation sites (tertiary alicyclic amines) is 1. The Morgan fingerprint density at radius 1 is 1.03 bits per heavy atom. The molecule has 4 heterocycles. The minimum absolute atomic E-state index is 0.0749. The summed E-state index contributed by atoms with van der Waals surface area (Å²) in [5.41, 5.74) is 3.28. The van der Waals surface area contributed by atoms with Crippen LogP contribution in [0, 0.1) is 0 Å². The lowest BCUT2D eigenvalue weighted by atomic mass is 9.94. The average molecular weight is 517 g/mol. The number of nitrogens with zero attached hydrogens (tertiary/aromatic N) is 5. The number of pyridine rings is 1. The fourth-order valence-electron chi connectivity index (χ4n) is 5.02. The number of piperidine rings is 1. The summed E-state index contributed by atoms with van der Waals surface area (Å²) in [6.45, 7) is 1.88. The number of carbonyl (C=O) groups excluding carboxylic acids is 1. The molecular weight excluding hydrogens is 488 g/mol. The summed E-state index contributed by atoms with van der Waals surface area (Å²) in [5.74, 6) is 0.940. The fraction of sp³-hybridized carbons (Fsp3) is 0.333. The second-order valence-corrected chi connectivity index (χ2v) is 11.5. The second kappa shape index (κ2) is 9.68. The highest BCUT2D eigenvalue weighted by Gasteiger charge is 2.31. The van der Waals surface area contributed by atoms with E-state index in [0.29, 0.717) is 36.0 Å². The number of aromatic nitrogens is 4. The SMILES string of the molecule is O=C(CN1CCCC(c2cc(NS(=O)(=O)c3cccnc3)n3ncc(C4CC4)c3n2)C1)c1ccccc1. The highest BCUT2D eigenvalue weighted by Crippen LogP contribution is 2.42. The lowest BCUT2D eigenvalue weighted by molar-refractivity contribution is 0.0906. The van der Waals surface area contributed by atoms with Crippen LogP contribution >= 0.6 is 0 Å². The van der Waals surface area contributed by atoms with Gasteiger partial charge in [0.25, 0.3) is 10.0 Å². The molecule has 1 aliphatic heterocycles. The summed E-state index contributed by atoms with van der Waals surface area (Å²) in [6.07, 6.45) is 8.69. The van der Waals surface area contributed by atoms with Crippen LogP contribution in [0.25, 0.3) is 5.65 Å². The van der Waals surface area contributed by atoms with Crippen molar-refractivity contribution in [2.24, 2.45) is 0 Å². The molecule has 4 aromatic rings. The maximum atomic E-state index is 13.1. The third-order valence-corrected chi connectivity index (χ3v) is 8.45. The smallest absolute Gasteiger partial charge is 0.264 e. The number of hydrogen-bond acceptors (Lipinski definition) is 7. The maximum Gasteiger partial charge on any atom is 0.264 e. The van der Waals surface area contributed by atoms with Crippen molar-refractivity contribution in [3.05, 3.63) is 83.9 Å². The van der Waals surface area contributed by atoms with E-state index in [1.165, 1.54) is 18.5 Å². The quantitative estimate of drug-likeness (QED) is 0.354. The molecule has 0 radical (unpaired) electrons. The first kappa shape index (κ1) is 23.7. The molecule has 1 atom stereocenters. The molecule has 0 bridgehead atoms. The molecular formula is C27H28N6O3S. The molecule has 6 rings (SSSR count). The van der Waals surface area contributed by atoms with Crippen LogP contribution in [0.2, 0.25) is 0 Å². The molecule has 1 saturated carbocycles. The van der Waals surface area contributed by atoms with E-state index in [0.717, 1.165) is 43.5 Å². The van der Waals surface area contributed by atoms with Crippen LogP contribution < -0.4 is 4.72 Å². The van der Waals surface area contributed by atoms with Gasteiger partial charge in [0.15, 0.2) is 11.4 Å². The number of nitrogens with one attached hydrogen (secondary N) is 1. The highest BCUT2D eigenvalue weighted by atomic mass is 32.2. The van der Waals surface area contributed by atoms with Gasteiger partial charge in [-0.15, -0.1) is 0 Å². The van der Waals surface area contributed by atoms with Gasteiger partial charge in [-0.2, -0.15) is 9.61 Å². The number of carbonyl (C=O) groups is 1. The largest absolute Gasteiger partial charge is 0.295 e. The number of hydrogen-bond donors (Lipinski definition) is 1. The third kappa shape index (κ3) is 4.99. The summed E-state index contributed by atoms with van der Waals surface area (Å²) in [5, 5.41) is 4.49. The summed E-state index contributed by atoms with van der Waals surface area (Å²) in [7, 11) is -3.86. The highest BCUT2D eigenvalue weighted by molar-refractivity contribution is 7.92. The molecule has 1 saturated heterocycles. The lowest BCUT2D eigenvalue weighted by Crippen LogP contribution is -2.38. The zero-order valence-electron chi connectivity index (χ0n) is 20.3. The summed E-state index contributed by atoms with van der Waals surface area (Å²) in [6, 6.07) is 14.2. The number of anilines is 1. The summed E-state index contributed by atoms with van der Waals surface area (Å²) in [4.78, 5) is 24.0. The van der Waals surface area contributed by atoms with Crippen molar-refractivity contribution in [3.63, 3.8) is 0 Å². The topological polar surface area (TPSA) is 110 Å². The molecule has 0 spiro atoms. The third-order valence-electron chi connectivity index (χ3n) is 7.11. The zero-order chi connectivity index (χ0) is 25.4. The van der Waals surface area contributed by atoms with Crippen molar-refractivity contribution in [2.45, 2.75) is 42.4 Å². The second-order valence-electron chi connectivity index (χ2n) is 9.83. The number of ketones is 1. The van der Waals surface area contributed by atoms with E-state index in [1.807, 2.05) is 30.3 Å². The molecule has 3 aromatic heterocycles. The Labute approximate surface area is 215 Å². The molecule has 0 amide bonds. The average Bonchev–Trinajstić information content (AvgIpc) is 3.68. The van der Waals surface area contributed by atoms with Crippen LogP contribution in [0.4, 0.5) is 5.82 Å². The molecule has 1 aliphatic carbocycles. The van der Waals surface area contributed by atoms with Crippen molar-refractivity contribution in [1.29, 1.82) is 0 Å². The van der Waals surface area contributed by atoms with Gasteiger partial charge in [-0.1, -0.05) is 30.3 Å². The number of sulfonamides is 1. The molecule has 1 unspecified atom stereocenters. The monoisotopic (exact) mass is 516 g/mol. The Hall–Kier alpha value is -3.63. The fourth-order valence-corrected chi connectivity index (χ4v) is 6.02. The van der Waals surface area contributed by atoms with Crippen molar-refractivity contribution in [2.75, 3.05) is 24.4 Å². The molecule has 2 aliphatic rings. The van der Waals surface area contributed by atoms with E-state index in [-0.39, 0.29) is 16.6 Å². The maximum absolute atomic E-state index is 13.1. The Bertz CT molecular complexity index is 1530. The van der Waals surface area contributed by atoms with E-state index in [2.05, 4.69) is 19.7 Å². The Balaban J connectivity index is 1.31. The predicted molar refractivity (Wildman–Crippen MR) is 139 cm³/mol. The minimum Gasteiger partial charge on any atom is -0.295 e. The molecule has 10 heteroatoms. The van der Waals surface area contributed by atoms with Gasteiger partial charge in [-0.3, -0.25) is 19.4 Å². The number of rotatable bonds is 8. The van der Waals surface area contributed by atoms with Gasteiger partial charge >= 0.3 is 0 Å². The van der Waals surface area contributed by atoms with Crippen LogP contribution in [-0.2, 0) is 10.0 Å². The number of fused-ring (bicyclic) bond motifs is 1. The minimum atomic E-state index is -3.86. The van der Waals surface area contributed by atoms with E-state index in [4.69, 9.17) is 4.98 Å². The summed E-state index contributed by atoms with van der Waals surface area (Å²) < 4.78 is 30.6. The van der Waals surface area contributed by atoms with Gasteiger partial charge in [-0.25, -0.2) is 13.4 Å². The zero-order valence-corrected chi connectivity index (χ0v) is 21.1. The van der Waals surface area contributed by atoms with Gasteiger partial charge < -0.3 is 0 Å². The summed E-state index contributed by atoms with van der Waals surface area (Å²) >= 11 is 0. The molecule has 1 N–H and O–H groups in total. The van der Waals surface area contributed by atoms with Gasteiger partial charge in [0.05, 0.1) is 18.4 Å². The first-order chi connectivity index (χ1) is 18.0. The van der Waals surface area contributed by atoms with Gasteiger partial charge in [0.1, 0.15) is 10.7 Å². The molecule has 37 heavy (non-hydrogen) atoms. The Morgan fingerprint density at radius 2 is 1.86 bits per heavy atom. The van der Waals surface area contributed by atoms with Crippen LogP contribution in [0.5, 0.6) is 0 Å². The molecule has 2 fully saturated rings. The van der Waals surface area contributed by atoms with Crippen molar-refractivity contribution < 1.29 is 13.2 Å². The first-order valence-corrected chi connectivity index (χ1v) is 14.1.